The first kappa shape index (κ1) is 17.6. The topological polar surface area (TPSA) is 91.6 Å². The van der Waals surface area contributed by atoms with Crippen LogP contribution in [0.25, 0.3) is 5.69 Å². The van der Waals surface area contributed by atoms with E-state index < -0.39 is 6.04 Å². The van der Waals surface area contributed by atoms with Gasteiger partial charge in [-0.1, -0.05) is 18.2 Å². The lowest BCUT2D eigenvalue weighted by molar-refractivity contribution is 0.0675. The first-order valence-electron chi connectivity index (χ1n) is 9.35. The van der Waals surface area contributed by atoms with E-state index in [1.807, 2.05) is 42.5 Å². The van der Waals surface area contributed by atoms with Crippen molar-refractivity contribution >= 4 is 5.91 Å². The molecule has 1 amide bonds. The minimum Gasteiger partial charge on any atom is -0.486 e. The third-order valence-electron chi connectivity index (χ3n) is 5.10. The van der Waals surface area contributed by atoms with Gasteiger partial charge in [-0.15, -0.1) is 5.10 Å². The van der Waals surface area contributed by atoms with Crippen LogP contribution in [-0.4, -0.2) is 64.5 Å². The average Bonchev–Trinajstić information content (AvgIpc) is 3.35. The van der Waals surface area contributed by atoms with E-state index in [1.165, 1.54) is 0 Å². The molecule has 29 heavy (non-hydrogen) atoms. The molecular weight excluding hydrogens is 374 g/mol. The van der Waals surface area contributed by atoms with Gasteiger partial charge in [0.25, 0.3) is 5.91 Å². The molecule has 0 fully saturated rings. The van der Waals surface area contributed by atoms with Crippen LogP contribution >= 0.6 is 0 Å². The van der Waals surface area contributed by atoms with Gasteiger partial charge < -0.3 is 19.1 Å². The van der Waals surface area contributed by atoms with Crippen LogP contribution in [0, 0.1) is 0 Å². The summed E-state index contributed by atoms with van der Waals surface area (Å²) >= 11 is 0. The summed E-state index contributed by atoms with van der Waals surface area (Å²) in [4.78, 5) is 14.7. The molecule has 1 aromatic heterocycles. The molecule has 0 aliphatic carbocycles. The van der Waals surface area contributed by atoms with Crippen LogP contribution in [0.15, 0.2) is 42.5 Å². The Morgan fingerprint density at radius 2 is 1.97 bits per heavy atom. The van der Waals surface area contributed by atoms with Gasteiger partial charge in [0.05, 0.1) is 12.3 Å². The number of ether oxygens (including phenoxy) is 3. The van der Waals surface area contributed by atoms with E-state index in [0.29, 0.717) is 49.3 Å². The molecule has 0 saturated heterocycles. The summed E-state index contributed by atoms with van der Waals surface area (Å²) < 4.78 is 18.1. The molecule has 0 bridgehead atoms. The van der Waals surface area contributed by atoms with Crippen molar-refractivity contribution in [1.82, 2.24) is 25.1 Å². The van der Waals surface area contributed by atoms with Crippen molar-refractivity contribution in [3.8, 4) is 17.2 Å². The molecule has 9 heteroatoms. The Hall–Kier alpha value is -3.46. The van der Waals surface area contributed by atoms with Crippen LogP contribution in [0.2, 0.25) is 0 Å². The Balaban J connectivity index is 1.59. The maximum Gasteiger partial charge on any atom is 0.255 e. The zero-order valence-corrected chi connectivity index (χ0v) is 15.8. The highest BCUT2D eigenvalue weighted by Crippen LogP contribution is 2.38. The molecule has 1 atom stereocenters. The predicted molar refractivity (Wildman–Crippen MR) is 101 cm³/mol. The molecule has 3 heterocycles. The van der Waals surface area contributed by atoms with Crippen molar-refractivity contribution in [2.45, 2.75) is 6.04 Å². The summed E-state index contributed by atoms with van der Waals surface area (Å²) in [5.74, 6) is 1.84. The summed E-state index contributed by atoms with van der Waals surface area (Å²) in [5.41, 5.74) is 2.27. The van der Waals surface area contributed by atoms with E-state index >= 15 is 0 Å². The standard InChI is InChI=1S/C20H19N5O4/c1-27-9-8-24-18(14-4-2-3-5-15(14)20(24)26)19-21-22-23-25(19)13-6-7-16-17(12-13)29-11-10-28-16/h2-7,12,18H,8-11H2,1H3. The number of hydrogen-bond acceptors (Lipinski definition) is 7. The van der Waals surface area contributed by atoms with Gasteiger partial charge in [0, 0.05) is 25.3 Å². The first-order chi connectivity index (χ1) is 14.3. The number of carbonyl (C=O) groups excluding carboxylic acids is 1. The van der Waals surface area contributed by atoms with Crippen LogP contribution in [0.4, 0.5) is 0 Å². The van der Waals surface area contributed by atoms with E-state index in [0.717, 1.165) is 11.3 Å². The lowest BCUT2D eigenvalue weighted by Crippen LogP contribution is -2.33. The molecule has 2 aliphatic rings. The fraction of sp³-hybridized carbons (Fsp3) is 0.300. The van der Waals surface area contributed by atoms with Gasteiger partial charge >= 0.3 is 0 Å². The second-order valence-corrected chi connectivity index (χ2v) is 6.76. The summed E-state index contributed by atoms with van der Waals surface area (Å²) in [7, 11) is 1.61. The second-order valence-electron chi connectivity index (χ2n) is 6.76. The van der Waals surface area contributed by atoms with Gasteiger partial charge in [0.2, 0.25) is 0 Å². The minimum atomic E-state index is -0.406. The van der Waals surface area contributed by atoms with E-state index in [1.54, 1.807) is 16.7 Å². The maximum atomic E-state index is 13.0. The van der Waals surface area contributed by atoms with Gasteiger partial charge in [-0.25, -0.2) is 0 Å². The van der Waals surface area contributed by atoms with Crippen molar-refractivity contribution in [3.63, 3.8) is 0 Å². The van der Waals surface area contributed by atoms with E-state index in [4.69, 9.17) is 14.2 Å². The summed E-state index contributed by atoms with van der Waals surface area (Å²) in [6.07, 6.45) is 0. The first-order valence-corrected chi connectivity index (χ1v) is 9.35. The largest absolute Gasteiger partial charge is 0.486 e. The van der Waals surface area contributed by atoms with Gasteiger partial charge in [0.1, 0.15) is 19.3 Å². The van der Waals surface area contributed by atoms with E-state index in [2.05, 4.69) is 15.5 Å². The molecule has 0 saturated carbocycles. The van der Waals surface area contributed by atoms with Gasteiger partial charge in [-0.2, -0.15) is 4.68 Å². The number of benzene rings is 2. The number of fused-ring (bicyclic) bond motifs is 2. The van der Waals surface area contributed by atoms with Gasteiger partial charge in [-0.05, 0) is 34.2 Å². The Kier molecular flexibility index (Phi) is 4.36. The molecule has 0 N–H and O–H groups in total. The van der Waals surface area contributed by atoms with Crippen LogP contribution in [0.5, 0.6) is 11.5 Å². The Morgan fingerprint density at radius 1 is 1.14 bits per heavy atom. The second kappa shape index (κ2) is 7.17. The molecule has 2 aliphatic heterocycles. The normalized spacial score (nSPS) is 17.5. The van der Waals surface area contributed by atoms with Crippen molar-refractivity contribution in [2.24, 2.45) is 0 Å². The molecule has 148 valence electrons. The number of aromatic nitrogens is 4. The lowest BCUT2D eigenvalue weighted by atomic mass is 10.0. The minimum absolute atomic E-state index is 0.0561. The van der Waals surface area contributed by atoms with Crippen molar-refractivity contribution in [2.75, 3.05) is 33.5 Å². The Bertz CT molecular complexity index is 1070. The molecule has 0 radical (unpaired) electrons. The quantitative estimate of drug-likeness (QED) is 0.650. The Labute approximate surface area is 166 Å². The van der Waals surface area contributed by atoms with Crippen molar-refractivity contribution in [1.29, 1.82) is 0 Å². The zero-order valence-electron chi connectivity index (χ0n) is 15.8. The highest BCUT2D eigenvalue weighted by Gasteiger charge is 2.40. The van der Waals surface area contributed by atoms with E-state index in [-0.39, 0.29) is 5.91 Å². The molecule has 1 unspecified atom stereocenters. The number of nitrogens with zero attached hydrogens (tertiary/aromatic N) is 5. The SMILES string of the molecule is COCCN1C(=O)c2ccccc2C1c1nnnn1-c1ccc2c(c1)OCCO2. The fourth-order valence-electron chi connectivity index (χ4n) is 3.78. The van der Waals surface area contributed by atoms with Crippen LogP contribution in [-0.2, 0) is 4.74 Å². The third kappa shape index (κ3) is 2.90. The Morgan fingerprint density at radius 3 is 2.83 bits per heavy atom. The number of rotatable bonds is 5. The smallest absolute Gasteiger partial charge is 0.255 e. The summed E-state index contributed by atoms with van der Waals surface area (Å²) in [6.45, 7) is 1.87. The van der Waals surface area contributed by atoms with Crippen LogP contribution in [0.3, 0.4) is 0 Å². The van der Waals surface area contributed by atoms with Crippen LogP contribution < -0.4 is 9.47 Å². The number of amides is 1. The van der Waals surface area contributed by atoms with Gasteiger partial charge in [0.15, 0.2) is 17.3 Å². The monoisotopic (exact) mass is 393 g/mol. The van der Waals surface area contributed by atoms with Crippen molar-refractivity contribution < 1.29 is 19.0 Å². The molecular formula is C20H19N5O4. The fourth-order valence-corrected chi connectivity index (χ4v) is 3.78. The van der Waals surface area contributed by atoms with Gasteiger partial charge in [-0.3, -0.25) is 4.79 Å². The molecule has 0 spiro atoms. The average molecular weight is 393 g/mol. The number of carbonyl (C=O) groups is 1. The lowest BCUT2D eigenvalue weighted by Gasteiger charge is -2.24. The molecule has 2 aromatic carbocycles. The highest BCUT2D eigenvalue weighted by molar-refractivity contribution is 5.99. The number of methoxy groups -OCH3 is 1. The third-order valence-corrected chi connectivity index (χ3v) is 5.10. The molecule has 9 nitrogen and oxygen atoms in total. The number of tetrazole rings is 1. The zero-order chi connectivity index (χ0) is 19.8. The van der Waals surface area contributed by atoms with Crippen LogP contribution in [0.1, 0.15) is 27.8 Å². The summed E-state index contributed by atoms with van der Waals surface area (Å²) in [6, 6.07) is 12.7. The maximum absolute atomic E-state index is 13.0. The molecule has 5 rings (SSSR count). The van der Waals surface area contributed by atoms with E-state index in [9.17, 15) is 4.79 Å². The predicted octanol–water partition coefficient (Wildman–Crippen LogP) is 1.63. The van der Waals surface area contributed by atoms with Crippen molar-refractivity contribution in [3.05, 3.63) is 59.4 Å². The summed E-state index contributed by atoms with van der Waals surface area (Å²) in [5, 5.41) is 12.3. The number of hydrogen-bond donors (Lipinski definition) is 0. The molecule has 3 aromatic rings. The highest BCUT2D eigenvalue weighted by atomic mass is 16.6.